The number of aliphatic hydroxyl groups is 1. The molecule has 0 saturated heterocycles. The van der Waals surface area contributed by atoms with Crippen LogP contribution in [0.4, 0.5) is 5.69 Å². The van der Waals surface area contributed by atoms with Crippen LogP contribution in [0.3, 0.4) is 0 Å². The number of anilines is 1. The van der Waals surface area contributed by atoms with E-state index in [0.717, 1.165) is 5.56 Å². The van der Waals surface area contributed by atoms with Gasteiger partial charge in [0.15, 0.2) is 0 Å². The number of nitrogen functional groups attached to an aromatic ring is 1. The van der Waals surface area contributed by atoms with Crippen molar-refractivity contribution in [2.24, 2.45) is 0 Å². The molecule has 3 N–H and O–H groups in total. The van der Waals surface area contributed by atoms with E-state index in [2.05, 4.69) is 0 Å². The fraction of sp³-hybridized carbons (Fsp3) is 0.250. The maximum absolute atomic E-state index is 8.86. The Morgan fingerprint density at radius 1 is 1.55 bits per heavy atom. The van der Waals surface area contributed by atoms with E-state index in [4.69, 9.17) is 22.4 Å². The fourth-order valence-electron chi connectivity index (χ4n) is 0.916. The van der Waals surface area contributed by atoms with E-state index in [9.17, 15) is 0 Å². The van der Waals surface area contributed by atoms with Gasteiger partial charge in [0.05, 0.1) is 6.61 Å². The first-order valence-corrected chi connectivity index (χ1v) is 3.69. The molecule has 1 aromatic carbocycles. The van der Waals surface area contributed by atoms with Crippen molar-refractivity contribution >= 4 is 17.3 Å². The predicted octanol–water partition coefficient (Wildman–Crippen LogP) is 1.72. The van der Waals surface area contributed by atoms with Crippen LogP contribution in [0.25, 0.3) is 0 Å². The molecule has 0 heterocycles. The highest BCUT2D eigenvalue weighted by Crippen LogP contribution is 2.24. The Hall–Kier alpha value is -0.730. The SMILES string of the molecule is Cc1ccc(Cl)c(CO)c1N. The van der Waals surface area contributed by atoms with Crippen LogP contribution < -0.4 is 5.73 Å². The van der Waals surface area contributed by atoms with Crippen LogP contribution in [0.2, 0.25) is 5.02 Å². The van der Waals surface area contributed by atoms with Gasteiger partial charge in [-0.1, -0.05) is 17.7 Å². The standard InChI is InChI=1S/C8H10ClNO/c1-5-2-3-7(9)6(4-11)8(5)10/h2-3,11H,4,10H2,1H3. The smallest absolute Gasteiger partial charge is 0.0716 e. The molecule has 0 aliphatic rings. The van der Waals surface area contributed by atoms with Crippen molar-refractivity contribution < 1.29 is 5.11 Å². The lowest BCUT2D eigenvalue weighted by Gasteiger charge is -2.06. The maximum Gasteiger partial charge on any atom is 0.0716 e. The van der Waals surface area contributed by atoms with Gasteiger partial charge in [-0.15, -0.1) is 0 Å². The zero-order valence-corrected chi connectivity index (χ0v) is 7.02. The summed E-state index contributed by atoms with van der Waals surface area (Å²) in [6.45, 7) is 1.77. The number of hydrogen-bond acceptors (Lipinski definition) is 2. The molecule has 0 radical (unpaired) electrons. The van der Waals surface area contributed by atoms with E-state index in [1.54, 1.807) is 6.07 Å². The minimum absolute atomic E-state index is 0.105. The number of halogens is 1. The molecule has 0 fully saturated rings. The van der Waals surface area contributed by atoms with Gasteiger partial charge >= 0.3 is 0 Å². The monoisotopic (exact) mass is 171 g/mol. The van der Waals surface area contributed by atoms with Gasteiger partial charge in [0.2, 0.25) is 0 Å². The topological polar surface area (TPSA) is 46.2 Å². The summed E-state index contributed by atoms with van der Waals surface area (Å²) in [7, 11) is 0. The van der Waals surface area contributed by atoms with Crippen LogP contribution in [0, 0.1) is 6.92 Å². The van der Waals surface area contributed by atoms with Gasteiger partial charge < -0.3 is 10.8 Å². The molecule has 0 bridgehead atoms. The molecule has 1 rings (SSSR count). The highest BCUT2D eigenvalue weighted by atomic mass is 35.5. The first-order valence-electron chi connectivity index (χ1n) is 3.31. The van der Waals surface area contributed by atoms with Crippen molar-refractivity contribution in [3.63, 3.8) is 0 Å². The van der Waals surface area contributed by atoms with Crippen molar-refractivity contribution in [3.05, 3.63) is 28.3 Å². The maximum atomic E-state index is 8.86. The van der Waals surface area contributed by atoms with Crippen LogP contribution in [0.15, 0.2) is 12.1 Å². The lowest BCUT2D eigenvalue weighted by Crippen LogP contribution is -1.97. The first kappa shape index (κ1) is 8.37. The van der Waals surface area contributed by atoms with Gasteiger partial charge in [0.1, 0.15) is 0 Å². The number of hydrogen-bond donors (Lipinski definition) is 2. The van der Waals surface area contributed by atoms with E-state index < -0.39 is 0 Å². The Kier molecular flexibility index (Phi) is 2.37. The fourth-order valence-corrected chi connectivity index (χ4v) is 1.14. The summed E-state index contributed by atoms with van der Waals surface area (Å²) in [4.78, 5) is 0. The van der Waals surface area contributed by atoms with Crippen LogP contribution >= 0.6 is 11.6 Å². The van der Waals surface area contributed by atoms with Gasteiger partial charge in [0, 0.05) is 16.3 Å². The third-order valence-corrected chi connectivity index (χ3v) is 2.03. The second-order valence-corrected chi connectivity index (χ2v) is 2.82. The summed E-state index contributed by atoms with van der Waals surface area (Å²) in [5.74, 6) is 0. The molecular weight excluding hydrogens is 162 g/mol. The Morgan fingerprint density at radius 2 is 2.18 bits per heavy atom. The molecule has 0 spiro atoms. The summed E-state index contributed by atoms with van der Waals surface area (Å²) < 4.78 is 0. The molecule has 1 aromatic rings. The van der Waals surface area contributed by atoms with E-state index in [1.807, 2.05) is 13.0 Å². The molecule has 2 nitrogen and oxygen atoms in total. The molecule has 0 aliphatic carbocycles. The third-order valence-electron chi connectivity index (χ3n) is 1.68. The predicted molar refractivity (Wildman–Crippen MR) is 46.5 cm³/mol. The normalized spacial score (nSPS) is 10.1. The molecule has 0 saturated carbocycles. The average molecular weight is 172 g/mol. The van der Waals surface area contributed by atoms with Gasteiger partial charge in [-0.2, -0.15) is 0 Å². The van der Waals surface area contributed by atoms with Gasteiger partial charge in [-0.25, -0.2) is 0 Å². The van der Waals surface area contributed by atoms with Crippen molar-refractivity contribution in [2.75, 3.05) is 5.73 Å². The molecule has 0 atom stereocenters. The lowest BCUT2D eigenvalue weighted by molar-refractivity contribution is 0.282. The Labute approximate surface area is 70.6 Å². The Balaban J connectivity index is 3.29. The Morgan fingerprint density at radius 3 is 2.64 bits per heavy atom. The number of rotatable bonds is 1. The molecule has 3 heteroatoms. The quantitative estimate of drug-likeness (QED) is 0.633. The van der Waals surface area contributed by atoms with Gasteiger partial charge in [-0.05, 0) is 18.6 Å². The number of aliphatic hydroxyl groups excluding tert-OH is 1. The Bertz CT molecular complexity index is 273. The summed E-state index contributed by atoms with van der Waals surface area (Å²) in [5, 5.41) is 9.38. The molecule has 0 unspecified atom stereocenters. The van der Waals surface area contributed by atoms with Gasteiger partial charge in [0.25, 0.3) is 0 Å². The van der Waals surface area contributed by atoms with E-state index in [1.165, 1.54) is 0 Å². The highest BCUT2D eigenvalue weighted by Gasteiger charge is 2.04. The van der Waals surface area contributed by atoms with Crippen LogP contribution in [-0.2, 0) is 6.61 Å². The van der Waals surface area contributed by atoms with Gasteiger partial charge in [-0.3, -0.25) is 0 Å². The molecule has 0 aromatic heterocycles. The summed E-state index contributed by atoms with van der Waals surface area (Å²) in [5.41, 5.74) is 7.79. The second kappa shape index (κ2) is 3.11. The number of benzene rings is 1. The van der Waals surface area contributed by atoms with Crippen molar-refractivity contribution in [3.8, 4) is 0 Å². The minimum atomic E-state index is -0.105. The molecular formula is C8H10ClNO. The summed E-state index contributed by atoms with van der Waals surface area (Å²) in [6, 6.07) is 3.57. The van der Waals surface area contributed by atoms with Crippen LogP contribution in [0.1, 0.15) is 11.1 Å². The molecule has 11 heavy (non-hydrogen) atoms. The van der Waals surface area contributed by atoms with E-state index in [0.29, 0.717) is 16.3 Å². The van der Waals surface area contributed by atoms with Crippen molar-refractivity contribution in [1.29, 1.82) is 0 Å². The highest BCUT2D eigenvalue weighted by molar-refractivity contribution is 6.31. The minimum Gasteiger partial charge on any atom is -0.398 e. The van der Waals surface area contributed by atoms with Crippen molar-refractivity contribution in [2.45, 2.75) is 13.5 Å². The average Bonchev–Trinajstić information content (AvgIpc) is 1.99. The van der Waals surface area contributed by atoms with Crippen LogP contribution in [0.5, 0.6) is 0 Å². The second-order valence-electron chi connectivity index (χ2n) is 2.41. The van der Waals surface area contributed by atoms with Crippen molar-refractivity contribution in [1.82, 2.24) is 0 Å². The summed E-state index contributed by atoms with van der Waals surface area (Å²) >= 11 is 5.76. The van der Waals surface area contributed by atoms with Crippen LogP contribution in [-0.4, -0.2) is 5.11 Å². The molecule has 0 amide bonds. The van der Waals surface area contributed by atoms with E-state index >= 15 is 0 Å². The molecule has 0 aliphatic heterocycles. The zero-order valence-electron chi connectivity index (χ0n) is 6.26. The molecule has 60 valence electrons. The number of aryl methyl sites for hydroxylation is 1. The first-order chi connectivity index (χ1) is 5.16. The third kappa shape index (κ3) is 1.47. The largest absolute Gasteiger partial charge is 0.398 e. The summed E-state index contributed by atoms with van der Waals surface area (Å²) in [6.07, 6.45) is 0. The zero-order chi connectivity index (χ0) is 8.43. The number of nitrogens with two attached hydrogens (primary N) is 1. The lowest BCUT2D eigenvalue weighted by atomic mass is 10.1. The van der Waals surface area contributed by atoms with E-state index in [-0.39, 0.29) is 6.61 Å².